The molecule has 0 fully saturated rings. The lowest BCUT2D eigenvalue weighted by Crippen LogP contribution is -2.49. The number of hydrogen-bond acceptors (Lipinski definition) is 7. The molecule has 40 heavy (non-hydrogen) atoms. The Morgan fingerprint density at radius 3 is 2.70 bits per heavy atom. The van der Waals surface area contributed by atoms with Gasteiger partial charge in [0.1, 0.15) is 29.5 Å². The van der Waals surface area contributed by atoms with E-state index in [1.165, 1.54) is 0 Å². The summed E-state index contributed by atoms with van der Waals surface area (Å²) in [4.78, 5) is 60.7. The largest absolute Gasteiger partial charge is 0.443 e. The van der Waals surface area contributed by atoms with E-state index >= 15 is 0 Å². The zero-order valence-corrected chi connectivity index (χ0v) is 23.5. The maximum Gasteiger partial charge on any atom is 0.274 e. The Hall–Kier alpha value is -4.22. The Morgan fingerprint density at radius 2 is 1.95 bits per heavy atom. The van der Waals surface area contributed by atoms with E-state index in [2.05, 4.69) is 31.2 Å². The van der Waals surface area contributed by atoms with Gasteiger partial charge in [-0.15, -0.1) is 0 Å². The minimum Gasteiger partial charge on any atom is -0.443 e. The van der Waals surface area contributed by atoms with Crippen molar-refractivity contribution in [3.63, 3.8) is 0 Å². The molecule has 214 valence electrons. The Labute approximate surface area is 232 Å². The first-order valence-corrected chi connectivity index (χ1v) is 13.6. The molecule has 4 heterocycles. The monoisotopic (exact) mass is 551 g/mol. The zero-order chi connectivity index (χ0) is 29.0. The van der Waals surface area contributed by atoms with Crippen LogP contribution in [0.2, 0.25) is 0 Å². The predicted octanol–water partition coefficient (Wildman–Crippen LogP) is 1.90. The molecule has 4 N–H and O–H groups in total. The number of nitrogens with zero attached hydrogens (tertiary/aromatic N) is 3. The van der Waals surface area contributed by atoms with Crippen LogP contribution < -0.4 is 21.3 Å². The minimum atomic E-state index is -0.823. The minimum absolute atomic E-state index is 0.0490. The van der Waals surface area contributed by atoms with Crippen LogP contribution in [0.15, 0.2) is 28.9 Å². The number of fused-ring (bicyclic) bond motifs is 3. The van der Waals surface area contributed by atoms with Gasteiger partial charge in [0, 0.05) is 18.9 Å². The van der Waals surface area contributed by atoms with E-state index in [1.807, 2.05) is 43.5 Å². The molecule has 3 aromatic heterocycles. The lowest BCUT2D eigenvalue weighted by molar-refractivity contribution is -0.129. The summed E-state index contributed by atoms with van der Waals surface area (Å²) in [5.74, 6) is -1.23. The topological polar surface area (TPSA) is 160 Å². The highest BCUT2D eigenvalue weighted by Gasteiger charge is 2.31. The fraction of sp³-hybridized carbons (Fsp3) is 0.500. The van der Waals surface area contributed by atoms with Crippen molar-refractivity contribution in [1.82, 2.24) is 35.6 Å². The third kappa shape index (κ3) is 6.49. The number of carbonyl (C=O) groups is 4. The number of rotatable bonds is 4. The van der Waals surface area contributed by atoms with Crippen LogP contribution >= 0.6 is 0 Å². The summed E-state index contributed by atoms with van der Waals surface area (Å²) in [6.07, 6.45) is 5.10. The highest BCUT2D eigenvalue weighted by Crippen LogP contribution is 2.24. The fourth-order valence-corrected chi connectivity index (χ4v) is 4.71. The Bertz CT molecular complexity index is 1410. The summed E-state index contributed by atoms with van der Waals surface area (Å²) in [7, 11) is 0. The number of amides is 4. The number of carbonyl (C=O) groups excluding carboxylic acids is 4. The van der Waals surface area contributed by atoms with Gasteiger partial charge in [-0.05, 0) is 57.6 Å². The molecular formula is C28H37N7O5. The third-order valence-electron chi connectivity index (χ3n) is 7.02. The van der Waals surface area contributed by atoms with Crippen LogP contribution in [0.4, 0.5) is 0 Å². The normalized spacial score (nSPS) is 21.1. The Morgan fingerprint density at radius 1 is 1.18 bits per heavy atom. The van der Waals surface area contributed by atoms with Gasteiger partial charge in [0.05, 0.1) is 12.1 Å². The second-order valence-electron chi connectivity index (χ2n) is 10.6. The molecule has 0 unspecified atom stereocenters. The highest BCUT2D eigenvalue weighted by molar-refractivity contribution is 5.96. The van der Waals surface area contributed by atoms with Gasteiger partial charge in [0.15, 0.2) is 5.69 Å². The van der Waals surface area contributed by atoms with Crippen LogP contribution in [0.1, 0.15) is 79.5 Å². The van der Waals surface area contributed by atoms with Crippen LogP contribution in [0.5, 0.6) is 0 Å². The summed E-state index contributed by atoms with van der Waals surface area (Å²) in [5, 5.41) is 11.3. The van der Waals surface area contributed by atoms with Crippen molar-refractivity contribution in [2.45, 2.75) is 78.4 Å². The van der Waals surface area contributed by atoms with E-state index in [0.717, 1.165) is 11.2 Å². The lowest BCUT2D eigenvalue weighted by Gasteiger charge is -2.24. The molecule has 0 aliphatic carbocycles. The van der Waals surface area contributed by atoms with Gasteiger partial charge < -0.3 is 30.1 Å². The Kier molecular flexibility index (Phi) is 8.86. The summed E-state index contributed by atoms with van der Waals surface area (Å²) < 4.78 is 7.66. The van der Waals surface area contributed by atoms with Gasteiger partial charge in [-0.25, -0.2) is 9.97 Å². The molecule has 0 radical (unpaired) electrons. The first-order valence-electron chi connectivity index (χ1n) is 13.6. The molecule has 12 nitrogen and oxygen atoms in total. The van der Waals surface area contributed by atoms with Crippen LogP contribution in [0, 0.1) is 19.8 Å². The fourth-order valence-electron chi connectivity index (χ4n) is 4.71. The van der Waals surface area contributed by atoms with Crippen molar-refractivity contribution in [1.29, 1.82) is 0 Å². The maximum absolute atomic E-state index is 13.5. The third-order valence-corrected chi connectivity index (χ3v) is 7.02. The smallest absolute Gasteiger partial charge is 0.274 e. The summed E-state index contributed by atoms with van der Waals surface area (Å²) in [5.41, 5.74) is 2.53. The van der Waals surface area contributed by atoms with Crippen molar-refractivity contribution in [3.05, 3.63) is 53.1 Å². The number of hydrogen-bond donors (Lipinski definition) is 4. The SMILES string of the molecule is Cc1oc2nc1C(=O)N[C@H](C)C(=O)NCCCC[C@H](NC(=O)Cc1cnc3c(C)cccn13)C(=O)N[C@H]2C(C)C. The van der Waals surface area contributed by atoms with E-state index in [9.17, 15) is 19.2 Å². The molecule has 0 saturated carbocycles. The van der Waals surface area contributed by atoms with Gasteiger partial charge >= 0.3 is 0 Å². The van der Waals surface area contributed by atoms with Crippen molar-refractivity contribution in [3.8, 4) is 0 Å². The predicted molar refractivity (Wildman–Crippen MR) is 146 cm³/mol. The number of imidazole rings is 1. The van der Waals surface area contributed by atoms with Crippen LogP contribution in [0.25, 0.3) is 5.65 Å². The number of oxazole rings is 1. The average molecular weight is 552 g/mol. The van der Waals surface area contributed by atoms with Crippen molar-refractivity contribution >= 4 is 29.3 Å². The average Bonchev–Trinajstić information content (AvgIpc) is 3.49. The van der Waals surface area contributed by atoms with Crippen molar-refractivity contribution < 1.29 is 23.6 Å². The van der Waals surface area contributed by atoms with E-state index in [-0.39, 0.29) is 47.4 Å². The number of nitrogens with one attached hydrogen (secondary N) is 4. The van der Waals surface area contributed by atoms with Gasteiger partial charge in [0.25, 0.3) is 5.91 Å². The molecule has 1 aliphatic rings. The van der Waals surface area contributed by atoms with Crippen molar-refractivity contribution in [2.75, 3.05) is 6.54 Å². The van der Waals surface area contributed by atoms with Crippen LogP contribution in [-0.2, 0) is 20.8 Å². The number of pyridine rings is 1. The van der Waals surface area contributed by atoms with Crippen molar-refractivity contribution in [2.24, 2.45) is 5.92 Å². The molecular weight excluding hydrogens is 514 g/mol. The molecule has 2 bridgehead atoms. The summed E-state index contributed by atoms with van der Waals surface area (Å²) >= 11 is 0. The quantitative estimate of drug-likeness (QED) is 0.385. The maximum atomic E-state index is 13.5. The van der Waals surface area contributed by atoms with E-state index in [1.54, 1.807) is 20.0 Å². The van der Waals surface area contributed by atoms with E-state index in [4.69, 9.17) is 4.42 Å². The standard InChI is InChI=1S/C28H37N7O5/c1-15(2)22-28-34-23(18(5)40-28)27(39)31-17(4)25(37)29-11-7-6-10-20(26(38)33-22)32-21(36)13-19-14-30-24-16(3)9-8-12-35(19)24/h8-9,12,14-15,17,20,22H,6-7,10-11,13H2,1-5H3,(H,29,37)(H,31,39)(H,32,36)(H,33,38)/t17-,20+,22+/m1/s1. The molecule has 4 rings (SSSR count). The van der Waals surface area contributed by atoms with Gasteiger partial charge in [-0.2, -0.15) is 0 Å². The Balaban J connectivity index is 1.56. The lowest BCUT2D eigenvalue weighted by atomic mass is 10.0. The molecule has 0 aromatic carbocycles. The van der Waals surface area contributed by atoms with Crippen LogP contribution in [-0.4, -0.2) is 56.6 Å². The first kappa shape index (κ1) is 28.8. The van der Waals surface area contributed by atoms with E-state index in [0.29, 0.717) is 31.5 Å². The second-order valence-corrected chi connectivity index (χ2v) is 10.6. The molecule has 1 aliphatic heterocycles. The molecule has 0 saturated heterocycles. The molecule has 3 aromatic rings. The molecule has 4 amide bonds. The van der Waals surface area contributed by atoms with Gasteiger partial charge in [-0.3, -0.25) is 19.2 Å². The number of aromatic nitrogens is 3. The number of aryl methyl sites for hydroxylation is 2. The second kappa shape index (κ2) is 12.3. The molecule has 3 atom stereocenters. The molecule has 12 heteroatoms. The highest BCUT2D eigenvalue weighted by atomic mass is 16.4. The summed E-state index contributed by atoms with van der Waals surface area (Å²) in [6, 6.07) is 1.62. The van der Waals surface area contributed by atoms with Gasteiger partial charge in [0.2, 0.25) is 23.6 Å². The molecule has 0 spiro atoms. The van der Waals surface area contributed by atoms with Gasteiger partial charge in [-0.1, -0.05) is 19.9 Å². The summed E-state index contributed by atoms with van der Waals surface area (Å²) in [6.45, 7) is 9.32. The first-order chi connectivity index (χ1) is 19.0. The van der Waals surface area contributed by atoms with E-state index < -0.39 is 24.0 Å². The van der Waals surface area contributed by atoms with Crippen LogP contribution in [0.3, 0.4) is 0 Å². The zero-order valence-electron chi connectivity index (χ0n) is 23.5.